The normalized spacial score (nSPS) is 10.4. The van der Waals surface area contributed by atoms with Crippen molar-refractivity contribution in [2.75, 3.05) is 0 Å². The Kier molecular flexibility index (Phi) is 3.02. The molecule has 0 amide bonds. The van der Waals surface area contributed by atoms with Gasteiger partial charge in [-0.25, -0.2) is 0 Å². The van der Waals surface area contributed by atoms with E-state index in [1.54, 1.807) is 0 Å². The van der Waals surface area contributed by atoms with Gasteiger partial charge in [0.1, 0.15) is 0 Å². The van der Waals surface area contributed by atoms with Gasteiger partial charge in [0.15, 0.2) is 0 Å². The number of benzene rings is 1. The summed E-state index contributed by atoms with van der Waals surface area (Å²) in [7, 11) is 0. The Morgan fingerprint density at radius 3 is 2.56 bits per heavy atom. The molecule has 0 fully saturated rings. The van der Waals surface area contributed by atoms with Crippen LogP contribution in [0.5, 0.6) is 0 Å². The standard InChI is InChI=1S/C14H16N2/c1-10-4-3-5-13(11(10)2)14-7-6-12(8-15)9-16-14/h3-7,9H,8,15H2,1-2H3. The van der Waals surface area contributed by atoms with E-state index >= 15 is 0 Å². The maximum Gasteiger partial charge on any atom is 0.0704 e. The van der Waals surface area contributed by atoms with E-state index in [1.807, 2.05) is 18.3 Å². The first-order valence-corrected chi connectivity index (χ1v) is 5.44. The molecule has 0 aliphatic heterocycles. The van der Waals surface area contributed by atoms with Gasteiger partial charge in [0.05, 0.1) is 5.69 Å². The van der Waals surface area contributed by atoms with Crippen molar-refractivity contribution in [2.45, 2.75) is 20.4 Å². The number of nitrogens with zero attached hydrogens (tertiary/aromatic N) is 1. The minimum atomic E-state index is 0.542. The smallest absolute Gasteiger partial charge is 0.0704 e. The van der Waals surface area contributed by atoms with E-state index in [0.717, 1.165) is 11.3 Å². The second-order valence-electron chi connectivity index (χ2n) is 4.00. The molecule has 0 aliphatic carbocycles. The van der Waals surface area contributed by atoms with Gasteiger partial charge in [-0.05, 0) is 36.6 Å². The third-order valence-corrected chi connectivity index (χ3v) is 2.94. The van der Waals surface area contributed by atoms with Crippen LogP contribution < -0.4 is 5.73 Å². The maximum atomic E-state index is 5.55. The Hall–Kier alpha value is -1.67. The minimum Gasteiger partial charge on any atom is -0.326 e. The number of hydrogen-bond acceptors (Lipinski definition) is 2. The highest BCUT2D eigenvalue weighted by atomic mass is 14.7. The average Bonchev–Trinajstić information content (AvgIpc) is 2.33. The third kappa shape index (κ3) is 1.97. The molecule has 0 saturated heterocycles. The second kappa shape index (κ2) is 4.45. The SMILES string of the molecule is Cc1cccc(-c2ccc(CN)cn2)c1C. The third-order valence-electron chi connectivity index (χ3n) is 2.94. The van der Waals surface area contributed by atoms with Crippen molar-refractivity contribution in [2.24, 2.45) is 5.73 Å². The van der Waals surface area contributed by atoms with Crippen LogP contribution in [0, 0.1) is 13.8 Å². The Balaban J connectivity index is 2.46. The van der Waals surface area contributed by atoms with E-state index in [4.69, 9.17) is 5.73 Å². The first kappa shape index (κ1) is 10.8. The number of hydrogen-bond donors (Lipinski definition) is 1. The van der Waals surface area contributed by atoms with Gasteiger partial charge in [-0.3, -0.25) is 4.98 Å². The molecule has 0 aliphatic rings. The lowest BCUT2D eigenvalue weighted by Crippen LogP contribution is -1.97. The van der Waals surface area contributed by atoms with Gasteiger partial charge in [-0.2, -0.15) is 0 Å². The first-order valence-electron chi connectivity index (χ1n) is 5.44. The largest absolute Gasteiger partial charge is 0.326 e. The molecular weight excluding hydrogens is 196 g/mol. The van der Waals surface area contributed by atoms with Crippen LogP contribution in [0.4, 0.5) is 0 Å². The molecule has 2 aromatic rings. The summed E-state index contributed by atoms with van der Waals surface area (Å²) in [5.74, 6) is 0. The number of rotatable bonds is 2. The second-order valence-corrected chi connectivity index (χ2v) is 4.00. The Morgan fingerprint density at radius 1 is 1.12 bits per heavy atom. The quantitative estimate of drug-likeness (QED) is 0.831. The Morgan fingerprint density at radius 2 is 1.94 bits per heavy atom. The van der Waals surface area contributed by atoms with Gasteiger partial charge in [-0.1, -0.05) is 24.3 Å². The fourth-order valence-corrected chi connectivity index (χ4v) is 1.73. The Labute approximate surface area is 96.1 Å². The lowest BCUT2D eigenvalue weighted by Gasteiger charge is -2.08. The van der Waals surface area contributed by atoms with Crippen molar-refractivity contribution in [3.63, 3.8) is 0 Å². The van der Waals surface area contributed by atoms with Gasteiger partial charge in [0.25, 0.3) is 0 Å². The summed E-state index contributed by atoms with van der Waals surface area (Å²) < 4.78 is 0. The molecule has 0 radical (unpaired) electrons. The molecule has 2 heteroatoms. The zero-order chi connectivity index (χ0) is 11.5. The van der Waals surface area contributed by atoms with Crippen molar-refractivity contribution < 1.29 is 0 Å². The van der Waals surface area contributed by atoms with E-state index in [1.165, 1.54) is 16.7 Å². The zero-order valence-electron chi connectivity index (χ0n) is 9.70. The van der Waals surface area contributed by atoms with Crippen LogP contribution in [0.3, 0.4) is 0 Å². The summed E-state index contributed by atoms with van der Waals surface area (Å²) in [6, 6.07) is 10.4. The summed E-state index contributed by atoms with van der Waals surface area (Å²) in [5, 5.41) is 0. The van der Waals surface area contributed by atoms with Gasteiger partial charge in [0, 0.05) is 18.3 Å². The zero-order valence-corrected chi connectivity index (χ0v) is 9.70. The highest BCUT2D eigenvalue weighted by molar-refractivity contribution is 5.64. The van der Waals surface area contributed by atoms with Gasteiger partial charge in [0.2, 0.25) is 0 Å². The van der Waals surface area contributed by atoms with E-state index in [-0.39, 0.29) is 0 Å². The van der Waals surface area contributed by atoms with Crippen LogP contribution in [0.2, 0.25) is 0 Å². The molecule has 0 spiro atoms. The fraction of sp³-hybridized carbons (Fsp3) is 0.214. The summed E-state index contributed by atoms with van der Waals surface area (Å²) >= 11 is 0. The summed E-state index contributed by atoms with van der Waals surface area (Å²) in [6.07, 6.45) is 1.84. The van der Waals surface area contributed by atoms with Crippen LogP contribution >= 0.6 is 0 Å². The van der Waals surface area contributed by atoms with Crippen molar-refractivity contribution in [1.29, 1.82) is 0 Å². The lowest BCUT2D eigenvalue weighted by molar-refractivity contribution is 1.05. The van der Waals surface area contributed by atoms with Crippen molar-refractivity contribution in [3.8, 4) is 11.3 Å². The van der Waals surface area contributed by atoms with E-state index in [0.29, 0.717) is 6.54 Å². The predicted molar refractivity (Wildman–Crippen MR) is 67.0 cm³/mol. The summed E-state index contributed by atoms with van der Waals surface area (Å²) in [6.45, 7) is 4.79. The molecular formula is C14H16N2. The maximum absolute atomic E-state index is 5.55. The molecule has 0 atom stereocenters. The molecule has 0 bridgehead atoms. The van der Waals surface area contributed by atoms with Gasteiger partial charge < -0.3 is 5.73 Å². The Bertz CT molecular complexity index is 487. The molecule has 2 nitrogen and oxygen atoms in total. The van der Waals surface area contributed by atoms with Crippen LogP contribution in [0.1, 0.15) is 16.7 Å². The lowest BCUT2D eigenvalue weighted by atomic mass is 10.0. The van der Waals surface area contributed by atoms with Gasteiger partial charge >= 0.3 is 0 Å². The van der Waals surface area contributed by atoms with E-state index in [9.17, 15) is 0 Å². The number of aryl methyl sites for hydroxylation is 1. The van der Waals surface area contributed by atoms with Crippen LogP contribution in [-0.2, 0) is 6.54 Å². The minimum absolute atomic E-state index is 0.542. The van der Waals surface area contributed by atoms with Crippen LogP contribution in [-0.4, -0.2) is 4.98 Å². The molecule has 16 heavy (non-hydrogen) atoms. The average molecular weight is 212 g/mol. The molecule has 2 rings (SSSR count). The van der Waals surface area contributed by atoms with Gasteiger partial charge in [-0.15, -0.1) is 0 Å². The topological polar surface area (TPSA) is 38.9 Å². The summed E-state index contributed by atoms with van der Waals surface area (Å²) in [5.41, 5.74) is 11.4. The molecule has 82 valence electrons. The first-order chi connectivity index (χ1) is 7.72. The van der Waals surface area contributed by atoms with Crippen molar-refractivity contribution in [1.82, 2.24) is 4.98 Å². The number of aromatic nitrogens is 1. The summed E-state index contributed by atoms with van der Waals surface area (Å²) in [4.78, 5) is 4.44. The molecule has 0 saturated carbocycles. The molecule has 2 N–H and O–H groups in total. The van der Waals surface area contributed by atoms with Crippen molar-refractivity contribution >= 4 is 0 Å². The highest BCUT2D eigenvalue weighted by Crippen LogP contribution is 2.23. The molecule has 1 aromatic carbocycles. The molecule has 0 unspecified atom stereocenters. The predicted octanol–water partition coefficient (Wildman–Crippen LogP) is 2.82. The van der Waals surface area contributed by atoms with E-state index in [2.05, 4.69) is 37.0 Å². The number of nitrogens with two attached hydrogens (primary N) is 1. The molecule has 1 heterocycles. The van der Waals surface area contributed by atoms with E-state index < -0.39 is 0 Å². The monoisotopic (exact) mass is 212 g/mol. The molecule has 1 aromatic heterocycles. The van der Waals surface area contributed by atoms with Crippen LogP contribution in [0.25, 0.3) is 11.3 Å². The number of pyridine rings is 1. The van der Waals surface area contributed by atoms with Crippen LogP contribution in [0.15, 0.2) is 36.5 Å². The fourth-order valence-electron chi connectivity index (χ4n) is 1.73. The van der Waals surface area contributed by atoms with Crippen molar-refractivity contribution in [3.05, 3.63) is 53.2 Å². The highest BCUT2D eigenvalue weighted by Gasteiger charge is 2.04.